The third kappa shape index (κ3) is 8.83. The predicted molar refractivity (Wildman–Crippen MR) is 27.1 cm³/mol. The zero-order valence-corrected chi connectivity index (χ0v) is 2.34. The second kappa shape index (κ2) is 17.2. The van der Waals surface area contributed by atoms with Crippen LogP contribution in [0.2, 0.25) is 0 Å². The molecule has 0 aromatic rings. The Morgan fingerprint density at radius 2 is 1.25 bits per heavy atom. The molecule has 0 saturated heterocycles. The molecule has 0 atom stereocenters. The van der Waals surface area contributed by atoms with Gasteiger partial charge in [-0.2, -0.15) is 3.56 Å². The summed E-state index contributed by atoms with van der Waals surface area (Å²) in [4.78, 5) is 0. The molecule has 0 aliphatic rings. The fraction of sp³-hybridized carbons (Fsp3) is 0. The van der Waals surface area contributed by atoms with Gasteiger partial charge in [-0.25, -0.2) is 0 Å². The molecule has 0 aliphatic heterocycles. The van der Waals surface area contributed by atoms with E-state index in [0.717, 1.165) is 0 Å². The van der Waals surface area contributed by atoms with Crippen molar-refractivity contribution in [3.63, 3.8) is 0 Å². The van der Waals surface area contributed by atoms with Gasteiger partial charge in [0.1, 0.15) is 0 Å². The largest absolute Gasteiger partial charge is 0.316 e. The standard InChI is InChI=1S/Ba.BrF.Mg.4H/c;1-2;;;;;. The Hall–Kier alpha value is 2.75. The van der Waals surface area contributed by atoms with Gasteiger partial charge in [0, 0.05) is 0 Å². The summed E-state index contributed by atoms with van der Waals surface area (Å²) in [7, 11) is 0. The molecule has 4 heavy (non-hydrogen) atoms. The molecular weight excluding hydrogens is 261 g/mol. The molecule has 0 saturated carbocycles. The van der Waals surface area contributed by atoms with Crippen LogP contribution in [-0.4, -0.2) is 71.9 Å². The van der Waals surface area contributed by atoms with Crippen LogP contribution in [0.1, 0.15) is 0 Å². The van der Waals surface area contributed by atoms with Crippen LogP contribution in [0.15, 0.2) is 0 Å². The first-order valence-electron chi connectivity index (χ1n) is 0.143. The van der Waals surface area contributed by atoms with E-state index in [2.05, 4.69) is 0 Å². The first-order chi connectivity index (χ1) is 1.00. The van der Waals surface area contributed by atoms with E-state index in [1.807, 2.05) is 0 Å². The summed E-state index contributed by atoms with van der Waals surface area (Å²) in [6.45, 7) is 0. The molecule has 0 aromatic heterocycles. The van der Waals surface area contributed by atoms with Crippen molar-refractivity contribution in [1.29, 1.82) is 0 Å². The molecule has 0 heterocycles. The zero-order chi connectivity index (χ0) is 2.00. The maximum Gasteiger partial charge on any atom is 0.316 e. The van der Waals surface area contributed by atoms with Crippen LogP contribution in [0.25, 0.3) is 0 Å². The predicted octanol–water partition coefficient (Wildman–Crippen LogP) is -0.567. The van der Waals surface area contributed by atoms with Gasteiger partial charge in [0.25, 0.3) is 0 Å². The monoisotopic (exact) mass is 264 g/mol. The van der Waals surface area contributed by atoms with Crippen molar-refractivity contribution in [2.24, 2.45) is 0 Å². The van der Waals surface area contributed by atoms with Crippen LogP contribution in [0.3, 0.4) is 0 Å². The van der Waals surface area contributed by atoms with Crippen molar-refractivity contribution in [3.8, 4) is 0 Å². The van der Waals surface area contributed by atoms with E-state index in [-0.39, 0.29) is 71.9 Å². The van der Waals surface area contributed by atoms with Crippen LogP contribution in [0.5, 0.6) is 0 Å². The fourth-order valence-electron chi connectivity index (χ4n) is 0. The van der Waals surface area contributed by atoms with Crippen molar-refractivity contribution >= 4 is 88.3 Å². The minimum absolute atomic E-state index is 0. The summed E-state index contributed by atoms with van der Waals surface area (Å²) >= 11 is 1.44. The number of hydrogen-bond donors (Lipinski definition) is 0. The normalized spacial score (nSPS) is 1.50. The molecule has 0 aromatic carbocycles. The third-order valence-corrected chi connectivity index (χ3v) is 0. The van der Waals surface area contributed by atoms with Gasteiger partial charge in [-0.15, -0.1) is 0 Å². The van der Waals surface area contributed by atoms with Gasteiger partial charge < -0.3 is 0 Å². The summed E-state index contributed by atoms with van der Waals surface area (Å²) in [6, 6.07) is 0. The van der Waals surface area contributed by atoms with E-state index >= 15 is 0 Å². The molecule has 22 valence electrons. The van der Waals surface area contributed by atoms with Crippen LogP contribution in [0, 0.1) is 0 Å². The van der Waals surface area contributed by atoms with Crippen molar-refractivity contribution < 1.29 is 3.56 Å². The van der Waals surface area contributed by atoms with Crippen LogP contribution in [-0.2, 0) is 0 Å². The molecule has 0 radical (unpaired) electrons. The minimum Gasteiger partial charge on any atom is 0.316 e. The molecule has 0 nitrogen and oxygen atoms in total. The second-order valence-electron chi connectivity index (χ2n) is 0. The maximum atomic E-state index is 9.31. The number of halogens is 2. The summed E-state index contributed by atoms with van der Waals surface area (Å²) < 4.78 is 9.31. The van der Waals surface area contributed by atoms with E-state index < -0.39 is 0 Å². The first kappa shape index (κ1) is 15.9. The zero-order valence-electron chi connectivity index (χ0n) is 0.756. The van der Waals surface area contributed by atoms with Crippen molar-refractivity contribution in [3.05, 3.63) is 0 Å². The third-order valence-electron chi connectivity index (χ3n) is 0. The van der Waals surface area contributed by atoms with E-state index in [0.29, 0.717) is 0 Å². The van der Waals surface area contributed by atoms with Crippen LogP contribution in [0.4, 0.5) is 3.56 Å². The SMILES string of the molecule is FBr.[BaH2].[MgH2]. The Kier molecular flexibility index (Phi) is 68.1. The number of hydrogen-bond acceptors (Lipinski definition) is 0. The van der Waals surface area contributed by atoms with E-state index in [4.69, 9.17) is 0 Å². The van der Waals surface area contributed by atoms with E-state index in [9.17, 15) is 3.56 Å². The quantitative estimate of drug-likeness (QED) is 0.514. The van der Waals surface area contributed by atoms with Crippen LogP contribution < -0.4 is 0 Å². The Labute approximate surface area is 89.7 Å². The average molecular weight is 265 g/mol. The van der Waals surface area contributed by atoms with Gasteiger partial charge >= 0.3 is 71.9 Å². The van der Waals surface area contributed by atoms with Crippen molar-refractivity contribution in [2.75, 3.05) is 0 Å². The number of rotatable bonds is 0. The molecule has 0 amide bonds. The smallest absolute Gasteiger partial charge is 0.316 e. The van der Waals surface area contributed by atoms with Gasteiger partial charge in [0.05, 0.1) is 0 Å². The van der Waals surface area contributed by atoms with Gasteiger partial charge in [0.15, 0.2) is 16.4 Å². The Morgan fingerprint density at radius 1 is 1.25 bits per heavy atom. The van der Waals surface area contributed by atoms with Crippen molar-refractivity contribution in [1.82, 2.24) is 0 Å². The summed E-state index contributed by atoms with van der Waals surface area (Å²) in [5.74, 6) is 0. The molecule has 0 unspecified atom stereocenters. The summed E-state index contributed by atoms with van der Waals surface area (Å²) in [6.07, 6.45) is 0. The molecular formula is H4BaBrFMg. The topological polar surface area (TPSA) is 0 Å². The van der Waals surface area contributed by atoms with Gasteiger partial charge in [-0.05, 0) is 0 Å². The fourth-order valence-corrected chi connectivity index (χ4v) is 0. The Balaban J connectivity index is -0.00000000500. The molecule has 0 rings (SSSR count). The van der Waals surface area contributed by atoms with Gasteiger partial charge in [-0.1, -0.05) is 0 Å². The summed E-state index contributed by atoms with van der Waals surface area (Å²) in [5.41, 5.74) is 0. The molecule has 0 bridgehead atoms. The Morgan fingerprint density at radius 3 is 1.25 bits per heavy atom. The summed E-state index contributed by atoms with van der Waals surface area (Å²) in [5, 5.41) is 0. The van der Waals surface area contributed by atoms with Crippen LogP contribution >= 0.6 is 16.4 Å². The van der Waals surface area contributed by atoms with Gasteiger partial charge in [-0.3, -0.25) is 0 Å². The second-order valence-corrected chi connectivity index (χ2v) is 0. The molecule has 0 N–H and O–H groups in total. The van der Waals surface area contributed by atoms with E-state index in [1.165, 1.54) is 16.4 Å². The van der Waals surface area contributed by atoms with E-state index in [1.54, 1.807) is 0 Å². The maximum absolute atomic E-state index is 9.31. The van der Waals surface area contributed by atoms with Gasteiger partial charge in [0.2, 0.25) is 0 Å². The molecule has 0 aliphatic carbocycles. The first-order valence-corrected chi connectivity index (χ1v) is 0.742. The minimum atomic E-state index is 0. The molecule has 0 fully saturated rings. The Bertz CT molecular complexity index is 8.00. The molecule has 4 heteroatoms. The van der Waals surface area contributed by atoms with Crippen molar-refractivity contribution in [2.45, 2.75) is 0 Å². The average Bonchev–Trinajstić information content (AvgIpc) is 1.00. The molecule has 0 spiro atoms.